The van der Waals surface area contributed by atoms with E-state index in [9.17, 15) is 0 Å². The lowest BCUT2D eigenvalue weighted by atomic mass is 9.94. The van der Waals surface area contributed by atoms with Crippen molar-refractivity contribution in [2.45, 2.75) is 20.8 Å². The van der Waals surface area contributed by atoms with E-state index in [1.165, 1.54) is 49.7 Å². The van der Waals surface area contributed by atoms with Gasteiger partial charge in [0.15, 0.2) is 0 Å². The van der Waals surface area contributed by atoms with Crippen molar-refractivity contribution in [3.63, 3.8) is 0 Å². The molecule has 0 nitrogen and oxygen atoms in total. The van der Waals surface area contributed by atoms with E-state index in [2.05, 4.69) is 139 Å². The molecule has 0 aromatic heterocycles. The van der Waals surface area contributed by atoms with Crippen LogP contribution in [0.1, 0.15) is 16.7 Å². The second kappa shape index (κ2) is 8.30. The van der Waals surface area contributed by atoms with Gasteiger partial charge in [-0.15, -0.1) is 0 Å². The maximum atomic E-state index is 3.85. The van der Waals surface area contributed by atoms with Crippen LogP contribution >= 0.6 is 63.7 Å². The zero-order chi connectivity index (χ0) is 20.9. The fourth-order valence-corrected chi connectivity index (χ4v) is 6.13. The van der Waals surface area contributed by atoms with Crippen LogP contribution in [0.25, 0.3) is 33.0 Å². The van der Waals surface area contributed by atoms with Crippen molar-refractivity contribution in [2.75, 3.05) is 0 Å². The molecule has 4 rings (SSSR count). The Morgan fingerprint density at radius 3 is 1.62 bits per heavy atom. The Kier molecular flexibility index (Phi) is 6.09. The van der Waals surface area contributed by atoms with Crippen molar-refractivity contribution < 1.29 is 0 Å². The molecule has 0 aliphatic heterocycles. The topological polar surface area (TPSA) is 0 Å². The summed E-state index contributed by atoms with van der Waals surface area (Å²) in [5, 5.41) is 2.46. The second-order valence-corrected chi connectivity index (χ2v) is 10.6. The number of rotatable bonds is 2. The SMILES string of the molecule is Cc1cc(Br)c(-c2cc(-c3cc4ccccc4cc3Br)c(Br)c(C)c2Br)cc1C. The van der Waals surface area contributed by atoms with Crippen molar-refractivity contribution in [3.05, 3.63) is 89.2 Å². The van der Waals surface area contributed by atoms with Crippen molar-refractivity contribution in [1.29, 1.82) is 0 Å². The monoisotopic (exact) mass is 634 g/mol. The molecule has 0 amide bonds. The maximum absolute atomic E-state index is 3.85. The van der Waals surface area contributed by atoms with E-state index in [-0.39, 0.29) is 0 Å². The van der Waals surface area contributed by atoms with E-state index in [0.29, 0.717) is 0 Å². The van der Waals surface area contributed by atoms with Crippen LogP contribution in [0.4, 0.5) is 0 Å². The quantitative estimate of drug-likeness (QED) is 0.205. The molecular weight excluding hydrogens is 620 g/mol. The lowest BCUT2D eigenvalue weighted by molar-refractivity contribution is 1.32. The average molecular weight is 638 g/mol. The van der Waals surface area contributed by atoms with Gasteiger partial charge in [-0.05, 0) is 127 Å². The zero-order valence-corrected chi connectivity index (χ0v) is 22.6. The highest BCUT2D eigenvalue weighted by molar-refractivity contribution is 9.11. The lowest BCUT2D eigenvalue weighted by Crippen LogP contribution is -1.93. The minimum Gasteiger partial charge on any atom is -0.0616 e. The van der Waals surface area contributed by atoms with Gasteiger partial charge in [0.25, 0.3) is 0 Å². The van der Waals surface area contributed by atoms with Crippen LogP contribution in [0.2, 0.25) is 0 Å². The third-order valence-electron chi connectivity index (χ3n) is 5.42. The van der Waals surface area contributed by atoms with Crippen LogP contribution in [0.3, 0.4) is 0 Å². The van der Waals surface area contributed by atoms with Crippen LogP contribution < -0.4 is 0 Å². The number of aryl methyl sites for hydroxylation is 2. The van der Waals surface area contributed by atoms with Gasteiger partial charge >= 0.3 is 0 Å². The molecule has 0 saturated heterocycles. The predicted octanol–water partition coefficient (Wildman–Crippen LogP) is 10.1. The van der Waals surface area contributed by atoms with E-state index in [1.807, 2.05) is 0 Å². The van der Waals surface area contributed by atoms with Gasteiger partial charge in [-0.1, -0.05) is 62.2 Å². The van der Waals surface area contributed by atoms with Gasteiger partial charge in [0.05, 0.1) is 0 Å². The Labute approximate surface area is 205 Å². The van der Waals surface area contributed by atoms with E-state index < -0.39 is 0 Å². The highest BCUT2D eigenvalue weighted by Crippen LogP contribution is 2.45. The molecule has 0 unspecified atom stereocenters. The summed E-state index contributed by atoms with van der Waals surface area (Å²) in [6, 6.07) is 19.6. The number of hydrogen-bond donors (Lipinski definition) is 0. The zero-order valence-electron chi connectivity index (χ0n) is 16.2. The molecule has 0 N–H and O–H groups in total. The Morgan fingerprint density at radius 2 is 1.00 bits per heavy atom. The number of hydrogen-bond acceptors (Lipinski definition) is 0. The number of benzene rings is 4. The van der Waals surface area contributed by atoms with Crippen LogP contribution in [0, 0.1) is 20.8 Å². The third kappa shape index (κ3) is 3.89. The summed E-state index contributed by atoms with van der Waals surface area (Å²) in [7, 11) is 0. The molecule has 0 spiro atoms. The highest BCUT2D eigenvalue weighted by Gasteiger charge is 2.18. The minimum atomic E-state index is 1.09. The Morgan fingerprint density at radius 1 is 0.517 bits per heavy atom. The summed E-state index contributed by atoms with van der Waals surface area (Å²) >= 11 is 15.3. The molecule has 0 radical (unpaired) electrons. The fourth-order valence-electron chi connectivity index (χ4n) is 3.57. The fraction of sp³-hybridized carbons (Fsp3) is 0.120. The molecule has 4 heteroatoms. The van der Waals surface area contributed by atoms with Crippen LogP contribution in [-0.2, 0) is 0 Å². The molecule has 29 heavy (non-hydrogen) atoms. The van der Waals surface area contributed by atoms with Crippen LogP contribution in [0.5, 0.6) is 0 Å². The Hall–Kier alpha value is -0.940. The second-order valence-electron chi connectivity index (χ2n) is 7.32. The first kappa shape index (κ1) is 21.3. The largest absolute Gasteiger partial charge is 0.0616 e. The molecule has 0 heterocycles. The molecule has 4 aromatic carbocycles. The molecule has 0 atom stereocenters. The summed E-state index contributed by atoms with van der Waals surface area (Å²) < 4.78 is 4.40. The molecule has 0 aliphatic carbocycles. The van der Waals surface area contributed by atoms with Crippen molar-refractivity contribution in [1.82, 2.24) is 0 Å². The third-order valence-corrected chi connectivity index (χ3v) is 8.78. The van der Waals surface area contributed by atoms with Gasteiger partial charge in [-0.25, -0.2) is 0 Å². The van der Waals surface area contributed by atoms with Gasteiger partial charge in [0.2, 0.25) is 0 Å². The summed E-state index contributed by atoms with van der Waals surface area (Å²) in [5.41, 5.74) is 8.45. The maximum Gasteiger partial charge on any atom is 0.0295 e. The van der Waals surface area contributed by atoms with Gasteiger partial charge in [-0.2, -0.15) is 0 Å². The molecule has 0 saturated carbocycles. The Bertz CT molecular complexity index is 1270. The number of fused-ring (bicyclic) bond motifs is 1. The van der Waals surface area contributed by atoms with Crippen LogP contribution in [0.15, 0.2) is 72.5 Å². The smallest absolute Gasteiger partial charge is 0.0295 e. The molecule has 146 valence electrons. The highest BCUT2D eigenvalue weighted by atomic mass is 79.9. The lowest BCUT2D eigenvalue weighted by Gasteiger charge is -2.18. The number of halogens is 4. The van der Waals surface area contributed by atoms with Crippen molar-refractivity contribution in [3.8, 4) is 22.3 Å². The summed E-state index contributed by atoms with van der Waals surface area (Å²) in [6.45, 7) is 6.44. The van der Waals surface area contributed by atoms with Gasteiger partial charge in [0.1, 0.15) is 0 Å². The van der Waals surface area contributed by atoms with Crippen LogP contribution in [-0.4, -0.2) is 0 Å². The first-order chi connectivity index (χ1) is 13.8. The molecule has 0 aliphatic rings. The van der Waals surface area contributed by atoms with E-state index in [0.717, 1.165) is 17.9 Å². The summed E-state index contributed by atoms with van der Waals surface area (Å²) in [5.74, 6) is 0. The molecule has 4 aromatic rings. The predicted molar refractivity (Wildman–Crippen MR) is 140 cm³/mol. The van der Waals surface area contributed by atoms with E-state index in [1.54, 1.807) is 0 Å². The Balaban J connectivity index is 2.02. The normalized spacial score (nSPS) is 11.3. The van der Waals surface area contributed by atoms with E-state index >= 15 is 0 Å². The average Bonchev–Trinajstić information content (AvgIpc) is 2.69. The minimum absolute atomic E-state index is 1.09. The van der Waals surface area contributed by atoms with Gasteiger partial charge in [0, 0.05) is 17.9 Å². The summed E-state index contributed by atoms with van der Waals surface area (Å²) in [4.78, 5) is 0. The first-order valence-corrected chi connectivity index (χ1v) is 12.4. The molecular formula is C25H18Br4. The van der Waals surface area contributed by atoms with Gasteiger partial charge in [-0.3, -0.25) is 0 Å². The van der Waals surface area contributed by atoms with Crippen molar-refractivity contribution in [2.24, 2.45) is 0 Å². The van der Waals surface area contributed by atoms with E-state index in [4.69, 9.17) is 0 Å². The standard InChI is InChI=1S/C25H18Br4/c1-13-8-18(22(26)9-14(13)2)20-12-21(25(29)15(3)24(20)28)19-10-16-6-4-5-7-17(16)11-23(19)27/h4-12H,1-3H3. The molecule has 0 fully saturated rings. The first-order valence-electron chi connectivity index (χ1n) is 9.22. The van der Waals surface area contributed by atoms with Crippen molar-refractivity contribution >= 4 is 74.5 Å². The molecule has 0 bridgehead atoms. The summed E-state index contributed by atoms with van der Waals surface area (Å²) in [6.07, 6.45) is 0. The van der Waals surface area contributed by atoms with Gasteiger partial charge < -0.3 is 0 Å².